The average Bonchev–Trinajstić information content (AvgIpc) is 3.31. The van der Waals surface area contributed by atoms with E-state index in [0.717, 1.165) is 22.6 Å². The highest BCUT2D eigenvalue weighted by atomic mass is 35.5. The quantitative estimate of drug-likeness (QED) is 0.484. The lowest BCUT2D eigenvalue weighted by atomic mass is 10.0. The second-order valence-electron chi connectivity index (χ2n) is 5.91. The summed E-state index contributed by atoms with van der Waals surface area (Å²) >= 11 is 13.7. The number of carbonyl (C=O) groups is 1. The number of rotatable bonds is 5. The highest BCUT2D eigenvalue weighted by molar-refractivity contribution is 7.99. The van der Waals surface area contributed by atoms with Crippen molar-refractivity contribution in [3.05, 3.63) is 75.6 Å². The first kappa shape index (κ1) is 16.7. The molecule has 1 fully saturated rings. The van der Waals surface area contributed by atoms with Crippen LogP contribution in [0.5, 0.6) is 0 Å². The topological polar surface area (TPSA) is 43.1 Å². The monoisotopic (exact) mass is 389 g/mol. The lowest BCUT2D eigenvalue weighted by Crippen LogP contribution is -2.04. The van der Waals surface area contributed by atoms with Crippen molar-refractivity contribution in [2.24, 2.45) is 0 Å². The van der Waals surface area contributed by atoms with Crippen molar-refractivity contribution < 1.29 is 9.32 Å². The predicted molar refractivity (Wildman–Crippen MR) is 98.9 cm³/mol. The second-order valence-corrected chi connectivity index (χ2v) is 7.90. The van der Waals surface area contributed by atoms with Gasteiger partial charge in [0.25, 0.3) is 0 Å². The standard InChI is InChI=1S/C19H13Cl2NO2S/c20-12-2-1-3-14(8-12)25-17-9-13(21)6-7-15(17)18(23)16-10-22-24-19(16)11-4-5-11/h1-3,6-11H,4-5H2. The van der Waals surface area contributed by atoms with Gasteiger partial charge < -0.3 is 4.52 Å². The summed E-state index contributed by atoms with van der Waals surface area (Å²) in [4.78, 5) is 14.8. The Kier molecular flexibility index (Phi) is 4.59. The lowest BCUT2D eigenvalue weighted by molar-refractivity contribution is 0.103. The fraction of sp³-hybridized carbons (Fsp3) is 0.158. The third kappa shape index (κ3) is 3.61. The van der Waals surface area contributed by atoms with Crippen LogP contribution in [0.25, 0.3) is 0 Å². The van der Waals surface area contributed by atoms with Crippen molar-refractivity contribution in [2.75, 3.05) is 0 Å². The number of benzene rings is 2. The van der Waals surface area contributed by atoms with Gasteiger partial charge in [0.05, 0.1) is 11.8 Å². The molecule has 6 heteroatoms. The van der Waals surface area contributed by atoms with E-state index in [1.54, 1.807) is 18.2 Å². The number of aromatic nitrogens is 1. The fourth-order valence-corrected chi connectivity index (χ4v) is 4.16. The summed E-state index contributed by atoms with van der Waals surface area (Å²) in [5.41, 5.74) is 1.12. The Morgan fingerprint density at radius 1 is 1.08 bits per heavy atom. The molecule has 3 aromatic rings. The van der Waals surface area contributed by atoms with Gasteiger partial charge in [-0.15, -0.1) is 0 Å². The summed E-state index contributed by atoms with van der Waals surface area (Å²) in [6.45, 7) is 0. The summed E-state index contributed by atoms with van der Waals surface area (Å²) in [5, 5.41) is 5.05. The maximum Gasteiger partial charge on any atom is 0.199 e. The molecular formula is C19H13Cl2NO2S. The van der Waals surface area contributed by atoms with E-state index in [-0.39, 0.29) is 5.78 Å². The van der Waals surface area contributed by atoms with E-state index in [2.05, 4.69) is 5.16 Å². The van der Waals surface area contributed by atoms with Crippen LogP contribution >= 0.6 is 35.0 Å². The van der Waals surface area contributed by atoms with Gasteiger partial charge in [-0.3, -0.25) is 4.79 Å². The van der Waals surface area contributed by atoms with Crippen LogP contribution in [0.3, 0.4) is 0 Å². The van der Waals surface area contributed by atoms with Crippen LogP contribution < -0.4 is 0 Å². The van der Waals surface area contributed by atoms with Crippen molar-refractivity contribution in [1.29, 1.82) is 0 Å². The summed E-state index contributed by atoms with van der Waals surface area (Å²) in [6, 6.07) is 12.8. The maximum absolute atomic E-state index is 13.1. The molecule has 2 aromatic carbocycles. The fourth-order valence-electron chi connectivity index (χ4n) is 2.63. The Balaban J connectivity index is 1.71. The van der Waals surface area contributed by atoms with Gasteiger partial charge >= 0.3 is 0 Å². The van der Waals surface area contributed by atoms with Crippen LogP contribution in [-0.4, -0.2) is 10.9 Å². The largest absolute Gasteiger partial charge is 0.360 e. The molecule has 0 aliphatic heterocycles. The minimum Gasteiger partial charge on any atom is -0.360 e. The van der Waals surface area contributed by atoms with Gasteiger partial charge in [0.1, 0.15) is 0 Å². The van der Waals surface area contributed by atoms with Crippen molar-refractivity contribution in [3.63, 3.8) is 0 Å². The molecule has 1 aromatic heterocycles. The number of ketones is 1. The van der Waals surface area contributed by atoms with Crippen molar-refractivity contribution in [2.45, 2.75) is 28.6 Å². The minimum atomic E-state index is -0.0932. The zero-order valence-corrected chi connectivity index (χ0v) is 15.4. The Bertz CT molecular complexity index is 950. The van der Waals surface area contributed by atoms with Gasteiger partial charge in [-0.25, -0.2) is 0 Å². The van der Waals surface area contributed by atoms with Crippen LogP contribution in [0, 0.1) is 0 Å². The number of hydrogen-bond acceptors (Lipinski definition) is 4. The van der Waals surface area contributed by atoms with Crippen LogP contribution in [0.1, 0.15) is 40.4 Å². The molecule has 4 rings (SSSR count). The van der Waals surface area contributed by atoms with E-state index in [0.29, 0.717) is 32.9 Å². The highest BCUT2D eigenvalue weighted by Gasteiger charge is 2.33. The number of hydrogen-bond donors (Lipinski definition) is 0. The zero-order chi connectivity index (χ0) is 17.4. The number of carbonyl (C=O) groups excluding carboxylic acids is 1. The Morgan fingerprint density at radius 3 is 2.64 bits per heavy atom. The molecule has 3 nitrogen and oxygen atoms in total. The molecule has 0 amide bonds. The van der Waals surface area contributed by atoms with Gasteiger partial charge in [0.2, 0.25) is 0 Å². The van der Waals surface area contributed by atoms with Gasteiger partial charge in [-0.05, 0) is 49.2 Å². The first-order chi connectivity index (χ1) is 12.1. The minimum absolute atomic E-state index is 0.0932. The van der Waals surface area contributed by atoms with E-state index in [4.69, 9.17) is 27.7 Å². The molecular weight excluding hydrogens is 377 g/mol. The first-order valence-electron chi connectivity index (χ1n) is 7.84. The third-order valence-electron chi connectivity index (χ3n) is 4.00. The molecule has 0 radical (unpaired) electrons. The molecule has 0 spiro atoms. The van der Waals surface area contributed by atoms with E-state index in [1.165, 1.54) is 18.0 Å². The van der Waals surface area contributed by atoms with Gasteiger partial charge in [-0.2, -0.15) is 0 Å². The van der Waals surface area contributed by atoms with Gasteiger partial charge in [0.15, 0.2) is 11.5 Å². The molecule has 1 saturated carbocycles. The molecule has 0 atom stereocenters. The van der Waals surface area contributed by atoms with Gasteiger partial charge in [-0.1, -0.05) is 46.2 Å². The normalized spacial score (nSPS) is 13.8. The Labute approximate surface area is 159 Å². The van der Waals surface area contributed by atoms with Crippen molar-refractivity contribution in [3.8, 4) is 0 Å². The summed E-state index contributed by atoms with van der Waals surface area (Å²) in [7, 11) is 0. The summed E-state index contributed by atoms with van der Waals surface area (Å²) in [5.74, 6) is 0.917. The van der Waals surface area contributed by atoms with Crippen molar-refractivity contribution in [1.82, 2.24) is 5.16 Å². The number of halogens is 2. The highest BCUT2D eigenvalue weighted by Crippen LogP contribution is 2.43. The van der Waals surface area contributed by atoms with E-state index < -0.39 is 0 Å². The molecule has 126 valence electrons. The Hall–Kier alpha value is -1.75. The molecule has 0 N–H and O–H groups in total. The molecule has 1 aliphatic rings. The third-order valence-corrected chi connectivity index (χ3v) is 5.52. The average molecular weight is 390 g/mol. The Morgan fingerprint density at radius 2 is 1.88 bits per heavy atom. The lowest BCUT2D eigenvalue weighted by Gasteiger charge is -2.09. The van der Waals surface area contributed by atoms with E-state index in [1.807, 2.05) is 24.3 Å². The maximum atomic E-state index is 13.1. The SMILES string of the molecule is O=C(c1ccc(Cl)cc1Sc1cccc(Cl)c1)c1cnoc1C1CC1. The molecule has 0 unspecified atom stereocenters. The van der Waals surface area contributed by atoms with Crippen LogP contribution in [0.4, 0.5) is 0 Å². The zero-order valence-electron chi connectivity index (χ0n) is 13.0. The molecule has 0 bridgehead atoms. The molecule has 0 saturated heterocycles. The molecule has 1 aliphatic carbocycles. The van der Waals surface area contributed by atoms with Crippen molar-refractivity contribution >= 4 is 40.7 Å². The van der Waals surface area contributed by atoms with Gasteiger partial charge in [0, 0.05) is 31.3 Å². The molecule has 25 heavy (non-hydrogen) atoms. The summed E-state index contributed by atoms with van der Waals surface area (Å²) < 4.78 is 5.31. The predicted octanol–water partition coefficient (Wildman–Crippen LogP) is 6.24. The van der Waals surface area contributed by atoms with Crippen LogP contribution in [0.15, 0.2) is 63.0 Å². The van der Waals surface area contributed by atoms with E-state index >= 15 is 0 Å². The second kappa shape index (κ2) is 6.87. The van der Waals surface area contributed by atoms with Crippen LogP contribution in [0.2, 0.25) is 10.0 Å². The smallest absolute Gasteiger partial charge is 0.199 e. The van der Waals surface area contributed by atoms with E-state index in [9.17, 15) is 4.79 Å². The summed E-state index contributed by atoms with van der Waals surface area (Å²) in [6.07, 6.45) is 3.60. The molecule has 1 heterocycles. The number of nitrogens with zero attached hydrogens (tertiary/aromatic N) is 1. The first-order valence-corrected chi connectivity index (χ1v) is 9.41. The van der Waals surface area contributed by atoms with Crippen LogP contribution in [-0.2, 0) is 0 Å².